The van der Waals surface area contributed by atoms with Crippen molar-refractivity contribution in [2.45, 2.75) is 37.2 Å². The molecule has 2 rings (SSSR count). The van der Waals surface area contributed by atoms with Crippen molar-refractivity contribution < 1.29 is 4.39 Å². The summed E-state index contributed by atoms with van der Waals surface area (Å²) in [5.41, 5.74) is 1.07. The van der Waals surface area contributed by atoms with Gasteiger partial charge in [0.25, 0.3) is 0 Å². The molecule has 1 saturated carbocycles. The Hall–Kier alpha value is -0.540. The van der Waals surface area contributed by atoms with Gasteiger partial charge in [-0.25, -0.2) is 4.39 Å². The zero-order valence-electron chi connectivity index (χ0n) is 9.79. The monoisotopic (exact) mass is 239 g/mol. The molecule has 1 unspecified atom stereocenters. The lowest BCUT2D eigenvalue weighted by atomic mass is 10.1. The summed E-state index contributed by atoms with van der Waals surface area (Å²) in [4.78, 5) is 1.16. The van der Waals surface area contributed by atoms with Crippen LogP contribution >= 0.6 is 11.8 Å². The molecule has 1 aromatic carbocycles. The molecule has 88 valence electrons. The maximum Gasteiger partial charge on any atom is 0.123 e. The predicted octanol–water partition coefficient (Wildman–Crippen LogP) is 3.44. The van der Waals surface area contributed by atoms with Crippen molar-refractivity contribution in [2.24, 2.45) is 5.92 Å². The van der Waals surface area contributed by atoms with Gasteiger partial charge in [0.1, 0.15) is 5.82 Å². The molecule has 1 aliphatic rings. The highest BCUT2D eigenvalue weighted by molar-refractivity contribution is 7.98. The second-order valence-electron chi connectivity index (χ2n) is 4.46. The van der Waals surface area contributed by atoms with E-state index in [9.17, 15) is 4.39 Å². The highest BCUT2D eigenvalue weighted by Gasteiger charge is 2.27. The van der Waals surface area contributed by atoms with Crippen LogP contribution in [0.5, 0.6) is 0 Å². The average molecular weight is 239 g/mol. The molecule has 0 amide bonds. The van der Waals surface area contributed by atoms with E-state index < -0.39 is 0 Å². The summed E-state index contributed by atoms with van der Waals surface area (Å²) in [6, 6.07) is 5.58. The van der Waals surface area contributed by atoms with Crippen molar-refractivity contribution in [1.82, 2.24) is 5.32 Å². The maximum atomic E-state index is 13.1. The predicted molar refractivity (Wildman–Crippen MR) is 67.2 cm³/mol. The molecule has 0 aromatic heterocycles. The summed E-state index contributed by atoms with van der Waals surface area (Å²) in [5, 5.41) is 3.48. The summed E-state index contributed by atoms with van der Waals surface area (Å²) >= 11 is 1.67. The fourth-order valence-corrected chi connectivity index (χ4v) is 2.52. The first-order valence-electron chi connectivity index (χ1n) is 5.76. The van der Waals surface area contributed by atoms with E-state index in [0.29, 0.717) is 6.04 Å². The number of hydrogen-bond donors (Lipinski definition) is 1. The van der Waals surface area contributed by atoms with E-state index in [2.05, 4.69) is 12.2 Å². The Kier molecular flexibility index (Phi) is 3.87. The molecule has 16 heavy (non-hydrogen) atoms. The van der Waals surface area contributed by atoms with Crippen LogP contribution < -0.4 is 5.32 Å². The van der Waals surface area contributed by atoms with Crippen LogP contribution in [0.3, 0.4) is 0 Å². The van der Waals surface area contributed by atoms with Crippen molar-refractivity contribution in [1.29, 1.82) is 0 Å². The standard InChI is InChI=1S/C13H18FNS/c1-9(10-3-4-10)15-8-11-7-12(14)5-6-13(11)16-2/h5-7,9-10,15H,3-4,8H2,1-2H3. The normalized spacial score (nSPS) is 17.4. The fraction of sp³-hybridized carbons (Fsp3) is 0.538. The van der Waals surface area contributed by atoms with Crippen LogP contribution in [0.15, 0.2) is 23.1 Å². The molecule has 1 atom stereocenters. The van der Waals surface area contributed by atoms with E-state index in [0.717, 1.165) is 22.9 Å². The van der Waals surface area contributed by atoms with Crippen LogP contribution in [0.2, 0.25) is 0 Å². The van der Waals surface area contributed by atoms with Crippen molar-refractivity contribution in [3.05, 3.63) is 29.6 Å². The highest BCUT2D eigenvalue weighted by Crippen LogP contribution is 2.32. The van der Waals surface area contributed by atoms with Crippen molar-refractivity contribution in [2.75, 3.05) is 6.26 Å². The zero-order chi connectivity index (χ0) is 11.5. The summed E-state index contributed by atoms with van der Waals surface area (Å²) in [7, 11) is 0. The Balaban J connectivity index is 1.98. The average Bonchev–Trinajstić information content (AvgIpc) is 3.10. The van der Waals surface area contributed by atoms with E-state index >= 15 is 0 Å². The second-order valence-corrected chi connectivity index (χ2v) is 5.31. The van der Waals surface area contributed by atoms with Gasteiger partial charge in [-0.3, -0.25) is 0 Å². The second kappa shape index (κ2) is 5.19. The van der Waals surface area contributed by atoms with Gasteiger partial charge in [0, 0.05) is 17.5 Å². The van der Waals surface area contributed by atoms with Gasteiger partial charge in [0.15, 0.2) is 0 Å². The highest BCUT2D eigenvalue weighted by atomic mass is 32.2. The molecule has 0 bridgehead atoms. The summed E-state index contributed by atoms with van der Waals surface area (Å²) in [6.07, 6.45) is 4.71. The minimum Gasteiger partial charge on any atom is -0.310 e. The number of nitrogens with one attached hydrogen (secondary N) is 1. The summed E-state index contributed by atoms with van der Waals surface area (Å²) in [6.45, 7) is 2.99. The molecular weight excluding hydrogens is 221 g/mol. The number of benzene rings is 1. The van der Waals surface area contributed by atoms with Crippen LogP contribution in [0, 0.1) is 11.7 Å². The lowest BCUT2D eigenvalue weighted by Gasteiger charge is -2.14. The minimum absolute atomic E-state index is 0.145. The smallest absolute Gasteiger partial charge is 0.123 e. The molecule has 0 radical (unpaired) electrons. The Morgan fingerprint density at radius 1 is 1.50 bits per heavy atom. The maximum absolute atomic E-state index is 13.1. The molecule has 0 saturated heterocycles. The zero-order valence-corrected chi connectivity index (χ0v) is 10.6. The van der Waals surface area contributed by atoms with Gasteiger partial charge in [0.2, 0.25) is 0 Å². The van der Waals surface area contributed by atoms with Gasteiger partial charge in [-0.1, -0.05) is 0 Å². The van der Waals surface area contributed by atoms with Gasteiger partial charge >= 0.3 is 0 Å². The molecule has 3 heteroatoms. The van der Waals surface area contributed by atoms with Gasteiger partial charge in [-0.05, 0) is 55.7 Å². The third-order valence-electron chi connectivity index (χ3n) is 3.19. The fourth-order valence-electron chi connectivity index (χ4n) is 1.92. The minimum atomic E-state index is -0.145. The summed E-state index contributed by atoms with van der Waals surface area (Å²) in [5.74, 6) is 0.694. The number of rotatable bonds is 5. The van der Waals surface area contributed by atoms with Crippen molar-refractivity contribution in [3.8, 4) is 0 Å². The molecular formula is C13H18FNS. The Labute approximate surface area is 101 Å². The molecule has 0 aliphatic heterocycles. The van der Waals surface area contributed by atoms with Crippen LogP contribution in [0.4, 0.5) is 4.39 Å². The Bertz CT molecular complexity index is 363. The van der Waals surface area contributed by atoms with E-state index in [1.807, 2.05) is 12.3 Å². The molecule has 0 heterocycles. The third-order valence-corrected chi connectivity index (χ3v) is 4.02. The van der Waals surface area contributed by atoms with Gasteiger partial charge in [-0.2, -0.15) is 0 Å². The lowest BCUT2D eigenvalue weighted by Crippen LogP contribution is -2.27. The van der Waals surface area contributed by atoms with E-state index in [4.69, 9.17) is 0 Å². The number of hydrogen-bond acceptors (Lipinski definition) is 2. The van der Waals surface area contributed by atoms with Gasteiger partial charge in [-0.15, -0.1) is 11.8 Å². The van der Waals surface area contributed by atoms with Gasteiger partial charge < -0.3 is 5.32 Å². The van der Waals surface area contributed by atoms with E-state index in [1.54, 1.807) is 17.8 Å². The van der Waals surface area contributed by atoms with Crippen molar-refractivity contribution in [3.63, 3.8) is 0 Å². The first-order valence-corrected chi connectivity index (χ1v) is 6.99. The quantitative estimate of drug-likeness (QED) is 0.790. The number of halogens is 1. The summed E-state index contributed by atoms with van der Waals surface area (Å²) < 4.78 is 13.1. The van der Waals surface area contributed by atoms with E-state index in [1.165, 1.54) is 18.9 Å². The Morgan fingerprint density at radius 3 is 2.88 bits per heavy atom. The van der Waals surface area contributed by atoms with Crippen LogP contribution in [-0.4, -0.2) is 12.3 Å². The van der Waals surface area contributed by atoms with Crippen LogP contribution in [0.1, 0.15) is 25.3 Å². The molecule has 1 N–H and O–H groups in total. The number of thioether (sulfide) groups is 1. The van der Waals surface area contributed by atoms with Crippen LogP contribution in [-0.2, 0) is 6.54 Å². The first-order chi connectivity index (χ1) is 7.70. The lowest BCUT2D eigenvalue weighted by molar-refractivity contribution is 0.492. The molecule has 1 nitrogen and oxygen atoms in total. The first kappa shape index (κ1) is 11.9. The largest absolute Gasteiger partial charge is 0.310 e. The molecule has 1 aromatic rings. The van der Waals surface area contributed by atoms with E-state index in [-0.39, 0.29) is 5.82 Å². The van der Waals surface area contributed by atoms with Gasteiger partial charge in [0.05, 0.1) is 0 Å². The topological polar surface area (TPSA) is 12.0 Å². The third kappa shape index (κ3) is 2.98. The molecule has 0 spiro atoms. The Morgan fingerprint density at radius 2 is 2.25 bits per heavy atom. The van der Waals surface area contributed by atoms with Crippen molar-refractivity contribution >= 4 is 11.8 Å². The molecule has 1 fully saturated rings. The van der Waals surface area contributed by atoms with Crippen LogP contribution in [0.25, 0.3) is 0 Å². The molecule has 1 aliphatic carbocycles. The SMILES string of the molecule is CSc1ccc(F)cc1CNC(C)C1CC1.